The number of rotatable bonds is 6. The number of hydrogen-bond donors (Lipinski definition) is 3. The predicted molar refractivity (Wildman–Crippen MR) is 64.5 cm³/mol. The lowest BCUT2D eigenvalue weighted by Crippen LogP contribution is -2.21. The van der Waals surface area contributed by atoms with Crippen LogP contribution in [0.15, 0.2) is 11.8 Å². The van der Waals surface area contributed by atoms with E-state index >= 15 is 0 Å². The number of carbonyl (C=O) groups excluding carboxylic acids is 1. The smallest absolute Gasteiger partial charge is 0.213 e. The van der Waals surface area contributed by atoms with Crippen molar-refractivity contribution in [2.75, 3.05) is 13.2 Å². The van der Waals surface area contributed by atoms with E-state index in [1.54, 1.807) is 6.20 Å². The van der Waals surface area contributed by atoms with Crippen molar-refractivity contribution >= 4 is 31.7 Å². The van der Waals surface area contributed by atoms with E-state index in [0.717, 1.165) is 5.57 Å². The van der Waals surface area contributed by atoms with E-state index in [9.17, 15) is 4.79 Å². The van der Waals surface area contributed by atoms with Crippen LogP contribution in [0.4, 0.5) is 0 Å². The second-order valence-corrected chi connectivity index (χ2v) is 4.66. The lowest BCUT2D eigenvalue weighted by molar-refractivity contribution is -0.116. The molecule has 1 unspecified atom stereocenters. The molecule has 3 nitrogen and oxygen atoms in total. The van der Waals surface area contributed by atoms with E-state index in [2.05, 4.69) is 25.3 Å². The number of thiol groups is 2. The first-order valence-electron chi connectivity index (χ1n) is 4.39. The molecule has 5 heteroatoms. The maximum atomic E-state index is 10.6. The first-order chi connectivity index (χ1) is 6.52. The summed E-state index contributed by atoms with van der Waals surface area (Å²) in [5, 5.41) is 8.67. The first kappa shape index (κ1) is 13.9. The van der Waals surface area contributed by atoms with Crippen LogP contribution in [0, 0.1) is 5.92 Å². The molecule has 0 rings (SSSR count). The maximum Gasteiger partial charge on any atom is 0.213 e. The minimum atomic E-state index is -0.0473. The summed E-state index contributed by atoms with van der Waals surface area (Å²) in [4.78, 5) is 12.0. The van der Waals surface area contributed by atoms with Gasteiger partial charge in [0, 0.05) is 12.7 Å². The molecule has 0 fully saturated rings. The fourth-order valence-electron chi connectivity index (χ4n) is 0.877. The Labute approximate surface area is 96.0 Å². The lowest BCUT2D eigenvalue weighted by Gasteiger charge is -2.18. The Hall–Kier alpha value is -0.130. The van der Waals surface area contributed by atoms with Gasteiger partial charge in [0.25, 0.3) is 0 Å². The summed E-state index contributed by atoms with van der Waals surface area (Å²) in [6.45, 7) is 4.18. The van der Waals surface area contributed by atoms with E-state index in [-0.39, 0.29) is 17.1 Å². The van der Waals surface area contributed by atoms with Gasteiger partial charge in [0.2, 0.25) is 6.41 Å². The molecule has 0 saturated carbocycles. The molecule has 0 aromatic heterocycles. The van der Waals surface area contributed by atoms with E-state index in [1.807, 2.05) is 13.8 Å². The van der Waals surface area contributed by atoms with Crippen LogP contribution in [-0.4, -0.2) is 34.2 Å². The Balaban J connectivity index is 4.38. The fourth-order valence-corrected chi connectivity index (χ4v) is 1.35. The van der Waals surface area contributed by atoms with Gasteiger partial charge in [-0.05, 0) is 12.8 Å². The van der Waals surface area contributed by atoms with Gasteiger partial charge >= 0.3 is 0 Å². The van der Waals surface area contributed by atoms with Gasteiger partial charge in [-0.3, -0.25) is 4.79 Å². The summed E-state index contributed by atoms with van der Waals surface area (Å²) >= 11 is 8.41. The van der Waals surface area contributed by atoms with Gasteiger partial charge in [0.15, 0.2) is 0 Å². The molecule has 0 bridgehead atoms. The van der Waals surface area contributed by atoms with E-state index in [1.165, 1.54) is 4.90 Å². The second kappa shape index (κ2) is 7.20. The summed E-state index contributed by atoms with van der Waals surface area (Å²) in [5.41, 5.74) is 1.01. The zero-order valence-electron chi connectivity index (χ0n) is 8.42. The van der Waals surface area contributed by atoms with Crippen molar-refractivity contribution in [3.8, 4) is 0 Å². The standard InChI is InChI=1S/C9H17NO2S2/c1-7(8(2)9(13)14)5-10(6-12)3-4-11/h5-6,8-9,11,13-14H,3-4H2,1-2H3. The van der Waals surface area contributed by atoms with Gasteiger partial charge < -0.3 is 10.0 Å². The van der Waals surface area contributed by atoms with Crippen molar-refractivity contribution in [2.24, 2.45) is 5.92 Å². The molecular weight excluding hydrogens is 218 g/mol. The summed E-state index contributed by atoms with van der Waals surface area (Å²) in [5.74, 6) is 0.183. The quantitative estimate of drug-likeness (QED) is 0.367. The molecule has 14 heavy (non-hydrogen) atoms. The Kier molecular flexibility index (Phi) is 7.13. The molecule has 82 valence electrons. The third-order valence-electron chi connectivity index (χ3n) is 2.03. The van der Waals surface area contributed by atoms with Gasteiger partial charge in [-0.25, -0.2) is 0 Å². The summed E-state index contributed by atoms with van der Waals surface area (Å²) in [6, 6.07) is 0. The van der Waals surface area contributed by atoms with Crippen LogP contribution in [0.2, 0.25) is 0 Å². The molecule has 0 aliphatic carbocycles. The molecule has 0 aromatic carbocycles. The van der Waals surface area contributed by atoms with Crippen LogP contribution in [0.1, 0.15) is 13.8 Å². The van der Waals surface area contributed by atoms with Gasteiger partial charge in [0.05, 0.1) is 11.2 Å². The van der Waals surface area contributed by atoms with Crippen molar-refractivity contribution in [3.63, 3.8) is 0 Å². The summed E-state index contributed by atoms with van der Waals surface area (Å²) < 4.78 is -0.0473. The van der Waals surface area contributed by atoms with Crippen LogP contribution in [0.5, 0.6) is 0 Å². The number of aliphatic hydroxyl groups is 1. The maximum absolute atomic E-state index is 10.6. The number of carbonyl (C=O) groups is 1. The van der Waals surface area contributed by atoms with Crippen molar-refractivity contribution in [2.45, 2.75) is 18.4 Å². The van der Waals surface area contributed by atoms with Gasteiger partial charge in [0.1, 0.15) is 0 Å². The average Bonchev–Trinajstić information content (AvgIpc) is 2.15. The highest BCUT2D eigenvalue weighted by molar-refractivity contribution is 7.99. The molecule has 1 amide bonds. The molecule has 0 aliphatic rings. The van der Waals surface area contributed by atoms with Crippen molar-refractivity contribution in [1.82, 2.24) is 4.90 Å². The molecule has 1 atom stereocenters. The Morgan fingerprint density at radius 3 is 2.50 bits per heavy atom. The SMILES string of the molecule is CC(=CN(C=O)CCO)C(C)C(S)S. The normalized spacial score (nSPS) is 14.3. The Morgan fingerprint density at radius 2 is 2.14 bits per heavy atom. The zero-order valence-corrected chi connectivity index (χ0v) is 10.2. The molecule has 0 aliphatic heterocycles. The topological polar surface area (TPSA) is 40.5 Å². The van der Waals surface area contributed by atoms with Crippen LogP contribution < -0.4 is 0 Å². The number of amides is 1. The lowest BCUT2D eigenvalue weighted by atomic mass is 10.1. The molecule has 0 saturated heterocycles. The van der Waals surface area contributed by atoms with Crippen LogP contribution in [-0.2, 0) is 4.79 Å². The molecule has 1 N–H and O–H groups in total. The van der Waals surface area contributed by atoms with Crippen molar-refractivity contribution in [1.29, 1.82) is 0 Å². The summed E-state index contributed by atoms with van der Waals surface area (Å²) in [6.07, 6.45) is 2.41. The molecule has 0 aromatic rings. The van der Waals surface area contributed by atoms with Crippen LogP contribution in [0.3, 0.4) is 0 Å². The number of aliphatic hydroxyl groups excluding tert-OH is 1. The average molecular weight is 235 g/mol. The third-order valence-corrected chi connectivity index (χ3v) is 2.92. The van der Waals surface area contributed by atoms with Gasteiger partial charge in [-0.15, -0.1) is 0 Å². The Morgan fingerprint density at radius 1 is 1.57 bits per heavy atom. The highest BCUT2D eigenvalue weighted by Crippen LogP contribution is 2.21. The molecule has 0 radical (unpaired) electrons. The van der Waals surface area contributed by atoms with Crippen molar-refractivity contribution < 1.29 is 9.90 Å². The minimum Gasteiger partial charge on any atom is -0.395 e. The van der Waals surface area contributed by atoms with E-state index < -0.39 is 0 Å². The zero-order chi connectivity index (χ0) is 11.1. The van der Waals surface area contributed by atoms with Gasteiger partial charge in [-0.2, -0.15) is 25.3 Å². The first-order valence-corrected chi connectivity index (χ1v) is 5.42. The van der Waals surface area contributed by atoms with Crippen molar-refractivity contribution in [3.05, 3.63) is 11.8 Å². The number of nitrogens with zero attached hydrogens (tertiary/aromatic N) is 1. The van der Waals surface area contributed by atoms with Gasteiger partial charge in [-0.1, -0.05) is 12.5 Å². The highest BCUT2D eigenvalue weighted by atomic mass is 32.2. The predicted octanol–water partition coefficient (Wildman–Crippen LogP) is 1.16. The monoisotopic (exact) mass is 235 g/mol. The number of allylic oxidation sites excluding steroid dienone is 1. The van der Waals surface area contributed by atoms with Crippen LogP contribution >= 0.6 is 25.3 Å². The van der Waals surface area contributed by atoms with Crippen LogP contribution in [0.25, 0.3) is 0 Å². The van der Waals surface area contributed by atoms with E-state index in [4.69, 9.17) is 5.11 Å². The summed E-state index contributed by atoms with van der Waals surface area (Å²) in [7, 11) is 0. The number of hydrogen-bond acceptors (Lipinski definition) is 4. The molecule has 0 heterocycles. The molecule has 0 spiro atoms. The largest absolute Gasteiger partial charge is 0.395 e. The fraction of sp³-hybridized carbons (Fsp3) is 0.667. The third kappa shape index (κ3) is 4.93. The Bertz CT molecular complexity index is 207. The molecular formula is C9H17NO2S2. The highest BCUT2D eigenvalue weighted by Gasteiger charge is 2.11. The van der Waals surface area contributed by atoms with E-state index in [0.29, 0.717) is 13.0 Å². The second-order valence-electron chi connectivity index (χ2n) is 3.14. The minimum absolute atomic E-state index is 0.0396.